The molecule has 0 unspecified atom stereocenters. The molecule has 1 aromatic carbocycles. The molecule has 1 heterocycles. The van der Waals surface area contributed by atoms with Crippen molar-refractivity contribution in [2.75, 3.05) is 30.9 Å². The van der Waals surface area contributed by atoms with Gasteiger partial charge in [0.25, 0.3) is 0 Å². The largest absolute Gasteiger partial charge is 0.399 e. The summed E-state index contributed by atoms with van der Waals surface area (Å²) in [5.74, 6) is 0.964. The van der Waals surface area contributed by atoms with Crippen LogP contribution in [0.3, 0.4) is 0 Å². The first-order chi connectivity index (χ1) is 10.2. The van der Waals surface area contributed by atoms with Crippen molar-refractivity contribution < 1.29 is 4.74 Å². The molecule has 2 rings (SSSR count). The lowest BCUT2D eigenvalue weighted by Gasteiger charge is -2.32. The van der Waals surface area contributed by atoms with E-state index in [1.807, 2.05) is 18.2 Å². The van der Waals surface area contributed by atoms with Crippen molar-refractivity contribution in [3.8, 4) is 0 Å². The number of ether oxygens (including phenoxy) is 1. The number of nitrogens with two attached hydrogens (primary N) is 1. The number of rotatable bonds is 7. The van der Waals surface area contributed by atoms with Gasteiger partial charge in [-0.25, -0.2) is 9.97 Å². The van der Waals surface area contributed by atoms with Crippen molar-refractivity contribution in [3.63, 3.8) is 0 Å². The van der Waals surface area contributed by atoms with Gasteiger partial charge in [0.1, 0.15) is 12.1 Å². The van der Waals surface area contributed by atoms with E-state index in [0.29, 0.717) is 12.6 Å². The summed E-state index contributed by atoms with van der Waals surface area (Å²) in [6.07, 6.45) is 3.75. The number of anilines is 2. The Labute approximate surface area is 126 Å². The van der Waals surface area contributed by atoms with E-state index in [2.05, 4.69) is 28.7 Å². The SMILES string of the molecule is CCC(CC)N(CCOC)c1ncnc2cc(N)ccc12. The van der Waals surface area contributed by atoms with Gasteiger partial charge in [0, 0.05) is 30.8 Å². The van der Waals surface area contributed by atoms with Crippen LogP contribution in [0.5, 0.6) is 0 Å². The average molecular weight is 288 g/mol. The standard InChI is InChI=1S/C16H24N4O/c1-4-13(5-2)20(8-9-21-3)16-14-7-6-12(17)10-15(14)18-11-19-16/h6-7,10-11,13H,4-5,8-9,17H2,1-3H3. The molecular formula is C16H24N4O. The van der Waals surface area contributed by atoms with Crippen molar-refractivity contribution in [3.05, 3.63) is 24.5 Å². The molecule has 5 nitrogen and oxygen atoms in total. The predicted octanol–water partition coefficient (Wildman–Crippen LogP) is 2.85. The molecule has 0 bridgehead atoms. The molecule has 0 aliphatic carbocycles. The van der Waals surface area contributed by atoms with E-state index >= 15 is 0 Å². The van der Waals surface area contributed by atoms with Gasteiger partial charge in [-0.2, -0.15) is 0 Å². The van der Waals surface area contributed by atoms with Gasteiger partial charge in [-0.1, -0.05) is 13.8 Å². The summed E-state index contributed by atoms with van der Waals surface area (Å²) in [6.45, 7) is 5.90. The molecule has 21 heavy (non-hydrogen) atoms. The molecule has 0 aliphatic heterocycles. The number of fused-ring (bicyclic) bond motifs is 1. The maximum Gasteiger partial charge on any atom is 0.140 e. The summed E-state index contributed by atoms with van der Waals surface area (Å²) in [6, 6.07) is 6.23. The number of methoxy groups -OCH3 is 1. The highest BCUT2D eigenvalue weighted by molar-refractivity contribution is 5.91. The Balaban J connectivity index is 2.47. The fourth-order valence-corrected chi connectivity index (χ4v) is 2.67. The van der Waals surface area contributed by atoms with Gasteiger partial charge in [-0.05, 0) is 31.0 Å². The Hall–Kier alpha value is -1.88. The number of nitrogens with zero attached hydrogens (tertiary/aromatic N) is 3. The van der Waals surface area contributed by atoms with Crippen LogP contribution in [0.4, 0.5) is 11.5 Å². The van der Waals surface area contributed by atoms with Crippen LogP contribution in [0.15, 0.2) is 24.5 Å². The average Bonchev–Trinajstić information content (AvgIpc) is 2.50. The van der Waals surface area contributed by atoms with E-state index in [9.17, 15) is 0 Å². The third kappa shape index (κ3) is 3.42. The second-order valence-corrected chi connectivity index (χ2v) is 5.13. The minimum Gasteiger partial charge on any atom is -0.399 e. The Kier molecular flexibility index (Phi) is 5.33. The van der Waals surface area contributed by atoms with Crippen molar-refractivity contribution >= 4 is 22.4 Å². The number of benzene rings is 1. The first-order valence-corrected chi connectivity index (χ1v) is 7.47. The molecule has 0 radical (unpaired) electrons. The topological polar surface area (TPSA) is 64.3 Å². The van der Waals surface area contributed by atoms with Crippen molar-refractivity contribution in [2.45, 2.75) is 32.7 Å². The summed E-state index contributed by atoms with van der Waals surface area (Å²) in [7, 11) is 1.73. The van der Waals surface area contributed by atoms with Gasteiger partial charge in [-0.15, -0.1) is 0 Å². The quantitative estimate of drug-likeness (QED) is 0.794. The molecule has 0 spiro atoms. The second kappa shape index (κ2) is 7.22. The maximum atomic E-state index is 5.85. The van der Waals surface area contributed by atoms with Crippen LogP contribution in [0.2, 0.25) is 0 Å². The van der Waals surface area contributed by atoms with E-state index in [1.54, 1.807) is 13.4 Å². The Morgan fingerprint density at radius 1 is 1.24 bits per heavy atom. The van der Waals surface area contributed by atoms with E-state index < -0.39 is 0 Å². The normalized spacial score (nSPS) is 11.2. The lowest BCUT2D eigenvalue weighted by Crippen LogP contribution is -2.37. The minimum absolute atomic E-state index is 0.441. The summed E-state index contributed by atoms with van der Waals surface area (Å²) in [5.41, 5.74) is 7.45. The van der Waals surface area contributed by atoms with Gasteiger partial charge >= 0.3 is 0 Å². The van der Waals surface area contributed by atoms with Crippen molar-refractivity contribution in [2.24, 2.45) is 0 Å². The smallest absolute Gasteiger partial charge is 0.140 e. The van der Waals surface area contributed by atoms with Crippen LogP contribution >= 0.6 is 0 Å². The first-order valence-electron chi connectivity index (χ1n) is 7.47. The highest BCUT2D eigenvalue weighted by atomic mass is 16.5. The van der Waals surface area contributed by atoms with Crippen LogP contribution in [-0.2, 0) is 4.74 Å². The molecule has 2 aromatic rings. The fourth-order valence-electron chi connectivity index (χ4n) is 2.67. The molecule has 0 amide bonds. The Morgan fingerprint density at radius 2 is 2.00 bits per heavy atom. The van der Waals surface area contributed by atoms with Crippen molar-refractivity contribution in [1.82, 2.24) is 9.97 Å². The summed E-state index contributed by atoms with van der Waals surface area (Å²) < 4.78 is 5.26. The van der Waals surface area contributed by atoms with E-state index in [1.165, 1.54) is 0 Å². The highest BCUT2D eigenvalue weighted by Crippen LogP contribution is 2.27. The zero-order valence-corrected chi connectivity index (χ0v) is 13.0. The number of hydrogen-bond donors (Lipinski definition) is 1. The third-order valence-corrected chi connectivity index (χ3v) is 3.83. The molecule has 0 saturated carbocycles. The summed E-state index contributed by atoms with van der Waals surface area (Å²) in [4.78, 5) is 11.2. The molecule has 0 saturated heterocycles. The third-order valence-electron chi connectivity index (χ3n) is 3.83. The van der Waals surface area contributed by atoms with Gasteiger partial charge in [0.2, 0.25) is 0 Å². The number of nitrogen functional groups attached to an aromatic ring is 1. The zero-order chi connectivity index (χ0) is 15.2. The second-order valence-electron chi connectivity index (χ2n) is 5.13. The lowest BCUT2D eigenvalue weighted by molar-refractivity contribution is 0.202. The molecule has 0 aliphatic rings. The molecule has 1 aromatic heterocycles. The lowest BCUT2D eigenvalue weighted by atomic mass is 10.1. The van der Waals surface area contributed by atoms with Crippen LogP contribution in [0, 0.1) is 0 Å². The van der Waals surface area contributed by atoms with Gasteiger partial charge in [0.05, 0.1) is 12.1 Å². The Morgan fingerprint density at radius 3 is 2.67 bits per heavy atom. The number of hydrogen-bond acceptors (Lipinski definition) is 5. The molecule has 114 valence electrons. The van der Waals surface area contributed by atoms with Gasteiger partial charge < -0.3 is 15.4 Å². The monoisotopic (exact) mass is 288 g/mol. The predicted molar refractivity (Wildman–Crippen MR) is 87.5 cm³/mol. The van der Waals surface area contributed by atoms with E-state index in [-0.39, 0.29) is 0 Å². The Bertz CT molecular complexity index is 583. The van der Waals surface area contributed by atoms with Crippen LogP contribution in [0.25, 0.3) is 10.9 Å². The number of aromatic nitrogens is 2. The van der Waals surface area contributed by atoms with Crippen LogP contribution < -0.4 is 10.6 Å². The first kappa shape index (κ1) is 15.5. The van der Waals surface area contributed by atoms with Crippen molar-refractivity contribution in [1.29, 1.82) is 0 Å². The van der Waals surface area contributed by atoms with Gasteiger partial charge in [0.15, 0.2) is 0 Å². The summed E-state index contributed by atoms with van der Waals surface area (Å²) >= 11 is 0. The van der Waals surface area contributed by atoms with Crippen LogP contribution in [-0.4, -0.2) is 36.3 Å². The minimum atomic E-state index is 0.441. The fraction of sp³-hybridized carbons (Fsp3) is 0.500. The molecule has 0 atom stereocenters. The van der Waals surface area contributed by atoms with E-state index in [0.717, 1.165) is 41.8 Å². The van der Waals surface area contributed by atoms with Crippen LogP contribution in [0.1, 0.15) is 26.7 Å². The van der Waals surface area contributed by atoms with E-state index in [4.69, 9.17) is 10.5 Å². The molecule has 2 N–H and O–H groups in total. The molecule has 0 fully saturated rings. The highest BCUT2D eigenvalue weighted by Gasteiger charge is 2.19. The molecular weight excluding hydrogens is 264 g/mol. The molecule has 5 heteroatoms. The summed E-state index contributed by atoms with van der Waals surface area (Å²) in [5, 5.41) is 1.04. The maximum absolute atomic E-state index is 5.85. The zero-order valence-electron chi connectivity index (χ0n) is 13.0. The van der Waals surface area contributed by atoms with Gasteiger partial charge in [-0.3, -0.25) is 0 Å².